The monoisotopic (exact) mass is 321 g/mol. The number of ether oxygens (including phenoxy) is 2. The molecule has 1 aromatic carbocycles. The van der Waals surface area contributed by atoms with E-state index in [1.165, 1.54) is 19.2 Å². The number of methoxy groups -OCH3 is 1. The summed E-state index contributed by atoms with van der Waals surface area (Å²) in [7, 11) is -3.11. The van der Waals surface area contributed by atoms with Gasteiger partial charge in [0.2, 0.25) is 9.84 Å². The van der Waals surface area contributed by atoms with Gasteiger partial charge < -0.3 is 14.8 Å². The summed E-state index contributed by atoms with van der Waals surface area (Å²) in [5.41, 5.74) is -0.428. The Morgan fingerprint density at radius 3 is 2.71 bits per heavy atom. The lowest BCUT2D eigenvalue weighted by Gasteiger charge is -2.27. The Hall–Kier alpha value is -1.25. The van der Waals surface area contributed by atoms with Crippen LogP contribution in [0, 0.1) is 0 Å². The minimum absolute atomic E-state index is 0.140. The highest BCUT2D eigenvalue weighted by Gasteiger charge is 2.35. The van der Waals surface area contributed by atoms with Crippen molar-refractivity contribution >= 4 is 15.5 Å². The Morgan fingerprint density at radius 1 is 1.43 bits per heavy atom. The smallest absolute Gasteiger partial charge is 0.341 e. The predicted molar refractivity (Wildman–Crippen MR) is 73.3 cm³/mol. The highest BCUT2D eigenvalue weighted by molar-refractivity contribution is 7.91. The van der Waals surface area contributed by atoms with Crippen LogP contribution >= 0.6 is 0 Å². The Morgan fingerprint density at radius 2 is 2.14 bits per heavy atom. The second-order valence-electron chi connectivity index (χ2n) is 4.85. The van der Waals surface area contributed by atoms with Crippen molar-refractivity contribution in [3.05, 3.63) is 24.3 Å². The fourth-order valence-corrected chi connectivity index (χ4v) is 3.08. The zero-order chi connectivity index (χ0) is 15.5. The van der Waals surface area contributed by atoms with Crippen LogP contribution in [0.15, 0.2) is 29.2 Å². The number of halogens is 2. The van der Waals surface area contributed by atoms with E-state index >= 15 is 0 Å². The fourth-order valence-electron chi connectivity index (χ4n) is 2.17. The molecule has 1 aliphatic rings. The van der Waals surface area contributed by atoms with Crippen LogP contribution in [0.2, 0.25) is 0 Å². The van der Waals surface area contributed by atoms with Crippen molar-refractivity contribution in [3.8, 4) is 0 Å². The van der Waals surface area contributed by atoms with Gasteiger partial charge in [0.25, 0.3) is 0 Å². The number of sulfone groups is 1. The van der Waals surface area contributed by atoms with E-state index in [0.29, 0.717) is 19.6 Å². The molecule has 0 aromatic heterocycles. The van der Waals surface area contributed by atoms with Crippen LogP contribution in [-0.2, 0) is 19.3 Å². The predicted octanol–water partition coefficient (Wildman–Crippen LogP) is 1.90. The van der Waals surface area contributed by atoms with Crippen molar-refractivity contribution in [1.82, 2.24) is 0 Å². The average molecular weight is 321 g/mol. The van der Waals surface area contributed by atoms with Crippen LogP contribution in [0.25, 0.3) is 0 Å². The number of hydrogen-bond donors (Lipinski definition) is 1. The van der Waals surface area contributed by atoms with Gasteiger partial charge in [-0.2, -0.15) is 8.78 Å². The number of hydrogen-bond acceptors (Lipinski definition) is 5. The number of alkyl halides is 2. The summed E-state index contributed by atoms with van der Waals surface area (Å²) < 4.78 is 59.4. The lowest BCUT2D eigenvalue weighted by molar-refractivity contribution is -0.00623. The molecule has 0 aliphatic carbocycles. The normalized spacial score (nSPS) is 22.7. The molecule has 21 heavy (non-hydrogen) atoms. The van der Waals surface area contributed by atoms with Crippen LogP contribution in [0.3, 0.4) is 0 Å². The molecule has 1 unspecified atom stereocenters. The summed E-state index contributed by atoms with van der Waals surface area (Å²) in [4.78, 5) is -0.412. The first-order chi connectivity index (χ1) is 9.91. The van der Waals surface area contributed by atoms with Gasteiger partial charge in [-0.25, -0.2) is 8.42 Å². The molecule has 5 nitrogen and oxygen atoms in total. The van der Waals surface area contributed by atoms with E-state index in [4.69, 9.17) is 9.47 Å². The van der Waals surface area contributed by atoms with Crippen molar-refractivity contribution in [2.45, 2.75) is 22.7 Å². The maximum absolute atomic E-state index is 12.7. The summed E-state index contributed by atoms with van der Waals surface area (Å²) in [5, 5.41) is 2.89. The molecule has 0 bridgehead atoms. The van der Waals surface area contributed by atoms with Gasteiger partial charge in [0.1, 0.15) is 5.60 Å². The molecule has 1 aromatic rings. The number of rotatable bonds is 6. The number of anilines is 1. The maximum atomic E-state index is 12.7. The van der Waals surface area contributed by atoms with Crippen molar-refractivity contribution in [2.75, 3.05) is 32.2 Å². The maximum Gasteiger partial charge on any atom is 0.341 e. The molecular weight excluding hydrogens is 304 g/mol. The second-order valence-corrected chi connectivity index (χ2v) is 6.73. The molecule has 1 fully saturated rings. The van der Waals surface area contributed by atoms with E-state index in [2.05, 4.69) is 5.32 Å². The highest BCUT2D eigenvalue weighted by Crippen LogP contribution is 2.28. The molecule has 1 N–H and O–H groups in total. The molecule has 2 rings (SSSR count). The molecule has 1 atom stereocenters. The topological polar surface area (TPSA) is 64.6 Å². The number of para-hydroxylation sites is 1. The Kier molecular flexibility index (Phi) is 4.80. The van der Waals surface area contributed by atoms with Gasteiger partial charge in [-0.3, -0.25) is 0 Å². The fraction of sp³-hybridized carbons (Fsp3) is 0.538. The molecule has 0 radical (unpaired) electrons. The van der Waals surface area contributed by atoms with E-state index in [9.17, 15) is 17.2 Å². The van der Waals surface area contributed by atoms with Crippen LogP contribution < -0.4 is 5.32 Å². The largest absolute Gasteiger partial charge is 0.381 e. The summed E-state index contributed by atoms with van der Waals surface area (Å²) in [6.45, 7) is 1.20. The summed E-state index contributed by atoms with van der Waals surface area (Å²) in [6, 6.07) is 5.60. The van der Waals surface area contributed by atoms with E-state index in [-0.39, 0.29) is 12.2 Å². The van der Waals surface area contributed by atoms with Crippen molar-refractivity contribution in [1.29, 1.82) is 0 Å². The molecular formula is C13H17F2NO4S. The van der Waals surface area contributed by atoms with Crippen molar-refractivity contribution in [3.63, 3.8) is 0 Å². The standard InChI is InChI=1S/C13H17F2NO4S/c1-19-13(6-7-20-9-13)8-16-10-4-2-3-5-11(10)21(17,18)12(14)15/h2-5,12,16H,6-9H2,1H3. The van der Waals surface area contributed by atoms with Gasteiger partial charge in [-0.05, 0) is 12.1 Å². The molecule has 118 valence electrons. The van der Waals surface area contributed by atoms with Gasteiger partial charge >= 0.3 is 5.76 Å². The van der Waals surface area contributed by atoms with Gasteiger partial charge in [-0.1, -0.05) is 12.1 Å². The first-order valence-electron chi connectivity index (χ1n) is 6.39. The lowest BCUT2D eigenvalue weighted by atomic mass is 10.0. The summed E-state index contributed by atoms with van der Waals surface area (Å²) in [6.07, 6.45) is 0.653. The summed E-state index contributed by atoms with van der Waals surface area (Å²) in [5.74, 6) is -3.45. The quantitative estimate of drug-likeness (QED) is 0.867. The zero-order valence-electron chi connectivity index (χ0n) is 11.5. The second kappa shape index (κ2) is 6.25. The minimum Gasteiger partial charge on any atom is -0.381 e. The van der Waals surface area contributed by atoms with E-state index in [0.717, 1.165) is 6.07 Å². The third-order valence-electron chi connectivity index (χ3n) is 3.53. The molecule has 0 amide bonds. The Labute approximate surface area is 122 Å². The van der Waals surface area contributed by atoms with Crippen LogP contribution in [0.5, 0.6) is 0 Å². The van der Waals surface area contributed by atoms with E-state index < -0.39 is 26.1 Å². The van der Waals surface area contributed by atoms with E-state index in [1.54, 1.807) is 6.07 Å². The lowest BCUT2D eigenvalue weighted by Crippen LogP contribution is -2.39. The van der Waals surface area contributed by atoms with Crippen LogP contribution in [-0.4, -0.2) is 46.6 Å². The molecule has 1 saturated heterocycles. The molecule has 8 heteroatoms. The van der Waals surface area contributed by atoms with Crippen molar-refractivity contribution in [2.24, 2.45) is 0 Å². The van der Waals surface area contributed by atoms with Gasteiger partial charge in [0, 0.05) is 26.7 Å². The Bertz CT molecular complexity index is 586. The third kappa shape index (κ3) is 3.33. The van der Waals surface area contributed by atoms with Crippen molar-refractivity contribution < 1.29 is 26.7 Å². The van der Waals surface area contributed by atoms with Crippen LogP contribution in [0.4, 0.5) is 14.5 Å². The number of nitrogens with one attached hydrogen (secondary N) is 1. The third-order valence-corrected chi connectivity index (χ3v) is 4.97. The van der Waals surface area contributed by atoms with Gasteiger partial charge in [-0.15, -0.1) is 0 Å². The van der Waals surface area contributed by atoms with Gasteiger partial charge in [0.05, 0.1) is 17.2 Å². The first kappa shape index (κ1) is 16.1. The first-order valence-corrected chi connectivity index (χ1v) is 7.94. The average Bonchev–Trinajstić information content (AvgIpc) is 2.95. The SMILES string of the molecule is COC1(CNc2ccccc2S(=O)(=O)C(F)F)CCOC1. The molecule has 1 aliphatic heterocycles. The van der Waals surface area contributed by atoms with Gasteiger partial charge in [0.15, 0.2) is 0 Å². The Balaban J connectivity index is 2.22. The highest BCUT2D eigenvalue weighted by atomic mass is 32.2. The summed E-state index contributed by atoms with van der Waals surface area (Å²) >= 11 is 0. The molecule has 0 spiro atoms. The molecule has 1 heterocycles. The minimum atomic E-state index is -4.65. The zero-order valence-corrected chi connectivity index (χ0v) is 12.3. The number of benzene rings is 1. The molecule has 0 saturated carbocycles. The van der Waals surface area contributed by atoms with Crippen LogP contribution in [0.1, 0.15) is 6.42 Å². The van der Waals surface area contributed by atoms with E-state index in [1.807, 2.05) is 0 Å².